The SMILES string of the molecule is CCN(CC(=O)NC(C)C)CC(=O)N[C@@H]1CCC[C@@H](C)[C@H]1C. The van der Waals surface area contributed by atoms with Gasteiger partial charge in [0.2, 0.25) is 11.8 Å². The number of rotatable bonds is 7. The molecule has 0 unspecified atom stereocenters. The lowest BCUT2D eigenvalue weighted by molar-refractivity contribution is -0.126. The number of likely N-dealkylation sites (N-methyl/N-ethyl adjacent to an activating group) is 1. The Hall–Kier alpha value is -1.10. The Balaban J connectivity index is 2.42. The number of carbonyl (C=O) groups is 2. The first kappa shape index (κ1) is 18.9. The van der Waals surface area contributed by atoms with Gasteiger partial charge < -0.3 is 10.6 Å². The molecule has 22 heavy (non-hydrogen) atoms. The summed E-state index contributed by atoms with van der Waals surface area (Å²) in [4.78, 5) is 25.9. The summed E-state index contributed by atoms with van der Waals surface area (Å²) in [5, 5.41) is 6.03. The van der Waals surface area contributed by atoms with Crippen molar-refractivity contribution in [3.05, 3.63) is 0 Å². The summed E-state index contributed by atoms with van der Waals surface area (Å²) in [6, 6.07) is 0.407. The molecule has 5 nitrogen and oxygen atoms in total. The summed E-state index contributed by atoms with van der Waals surface area (Å²) in [5.74, 6) is 1.20. The van der Waals surface area contributed by atoms with E-state index in [9.17, 15) is 9.59 Å². The molecule has 1 saturated carbocycles. The van der Waals surface area contributed by atoms with Gasteiger partial charge in [-0.15, -0.1) is 0 Å². The molecule has 0 aliphatic heterocycles. The van der Waals surface area contributed by atoms with Crippen LogP contribution in [-0.4, -0.2) is 48.4 Å². The molecular formula is C17H33N3O2. The average Bonchev–Trinajstić information content (AvgIpc) is 2.42. The van der Waals surface area contributed by atoms with Gasteiger partial charge in [0.1, 0.15) is 0 Å². The Labute approximate surface area is 135 Å². The first-order valence-corrected chi connectivity index (χ1v) is 8.64. The minimum Gasteiger partial charge on any atom is -0.353 e. The van der Waals surface area contributed by atoms with E-state index < -0.39 is 0 Å². The Morgan fingerprint density at radius 2 is 1.77 bits per heavy atom. The smallest absolute Gasteiger partial charge is 0.234 e. The molecule has 0 heterocycles. The fraction of sp³-hybridized carbons (Fsp3) is 0.882. The van der Waals surface area contributed by atoms with E-state index in [1.54, 1.807) is 0 Å². The third-order valence-electron chi connectivity index (χ3n) is 4.68. The molecule has 1 aliphatic carbocycles. The zero-order valence-corrected chi connectivity index (χ0v) is 14.8. The van der Waals surface area contributed by atoms with Crippen molar-refractivity contribution in [3.63, 3.8) is 0 Å². The van der Waals surface area contributed by atoms with Gasteiger partial charge in [-0.05, 0) is 38.6 Å². The molecule has 0 spiro atoms. The maximum Gasteiger partial charge on any atom is 0.234 e. The third kappa shape index (κ3) is 6.34. The van der Waals surface area contributed by atoms with Crippen molar-refractivity contribution in [1.82, 2.24) is 15.5 Å². The van der Waals surface area contributed by atoms with Crippen molar-refractivity contribution in [2.24, 2.45) is 11.8 Å². The summed E-state index contributed by atoms with van der Waals surface area (Å²) >= 11 is 0. The van der Waals surface area contributed by atoms with Crippen LogP contribution >= 0.6 is 0 Å². The highest BCUT2D eigenvalue weighted by Gasteiger charge is 2.28. The monoisotopic (exact) mass is 311 g/mol. The van der Waals surface area contributed by atoms with Crippen molar-refractivity contribution < 1.29 is 9.59 Å². The van der Waals surface area contributed by atoms with Crippen LogP contribution in [0.4, 0.5) is 0 Å². The second-order valence-corrected chi connectivity index (χ2v) is 6.97. The van der Waals surface area contributed by atoms with Gasteiger partial charge in [-0.3, -0.25) is 14.5 Å². The molecule has 3 atom stereocenters. The lowest BCUT2D eigenvalue weighted by Gasteiger charge is -2.35. The first-order valence-electron chi connectivity index (χ1n) is 8.64. The second kappa shape index (κ2) is 9.13. The Morgan fingerprint density at radius 3 is 2.36 bits per heavy atom. The van der Waals surface area contributed by atoms with Crippen LogP contribution in [0.15, 0.2) is 0 Å². The third-order valence-corrected chi connectivity index (χ3v) is 4.68. The second-order valence-electron chi connectivity index (χ2n) is 6.97. The maximum absolute atomic E-state index is 12.3. The van der Waals surface area contributed by atoms with Gasteiger partial charge in [-0.1, -0.05) is 33.6 Å². The molecule has 1 aliphatic rings. The molecule has 0 aromatic rings. The molecule has 1 fully saturated rings. The Kier molecular flexibility index (Phi) is 7.87. The van der Waals surface area contributed by atoms with Crippen molar-refractivity contribution in [1.29, 1.82) is 0 Å². The molecule has 1 rings (SSSR count). The highest BCUT2D eigenvalue weighted by molar-refractivity contribution is 5.81. The number of carbonyl (C=O) groups excluding carboxylic acids is 2. The molecular weight excluding hydrogens is 278 g/mol. The first-order chi connectivity index (χ1) is 10.3. The van der Waals surface area contributed by atoms with E-state index in [0.29, 0.717) is 24.9 Å². The van der Waals surface area contributed by atoms with Crippen LogP contribution in [0.2, 0.25) is 0 Å². The van der Waals surface area contributed by atoms with Gasteiger partial charge >= 0.3 is 0 Å². The quantitative estimate of drug-likeness (QED) is 0.753. The van der Waals surface area contributed by atoms with Gasteiger partial charge in [0.25, 0.3) is 0 Å². The van der Waals surface area contributed by atoms with Crippen molar-refractivity contribution in [3.8, 4) is 0 Å². The average molecular weight is 311 g/mol. The van der Waals surface area contributed by atoms with E-state index in [-0.39, 0.29) is 30.4 Å². The topological polar surface area (TPSA) is 61.4 Å². The van der Waals surface area contributed by atoms with Gasteiger partial charge in [0.15, 0.2) is 0 Å². The lowest BCUT2D eigenvalue weighted by Crippen LogP contribution is -2.49. The van der Waals surface area contributed by atoms with E-state index >= 15 is 0 Å². The molecule has 5 heteroatoms. The van der Waals surface area contributed by atoms with Crippen LogP contribution in [0.3, 0.4) is 0 Å². The van der Waals surface area contributed by atoms with Gasteiger partial charge in [0.05, 0.1) is 13.1 Å². The zero-order valence-electron chi connectivity index (χ0n) is 14.8. The number of nitrogens with one attached hydrogen (secondary N) is 2. The largest absolute Gasteiger partial charge is 0.353 e. The Morgan fingerprint density at radius 1 is 1.14 bits per heavy atom. The zero-order chi connectivity index (χ0) is 16.7. The lowest BCUT2D eigenvalue weighted by atomic mass is 9.78. The van der Waals surface area contributed by atoms with Crippen molar-refractivity contribution >= 4 is 11.8 Å². The van der Waals surface area contributed by atoms with Crippen LogP contribution in [0.1, 0.15) is 53.9 Å². The number of hydrogen-bond donors (Lipinski definition) is 2. The minimum absolute atomic E-state index is 0.0238. The van der Waals surface area contributed by atoms with Crippen LogP contribution in [0.5, 0.6) is 0 Å². The number of amides is 2. The fourth-order valence-electron chi connectivity index (χ4n) is 3.09. The normalized spacial score (nSPS) is 25.3. The number of nitrogens with zero attached hydrogens (tertiary/aromatic N) is 1. The van der Waals surface area contributed by atoms with Crippen LogP contribution in [0.25, 0.3) is 0 Å². The minimum atomic E-state index is -0.0238. The van der Waals surface area contributed by atoms with Crippen LogP contribution < -0.4 is 10.6 Å². The summed E-state index contributed by atoms with van der Waals surface area (Å²) in [6.07, 6.45) is 3.51. The fourth-order valence-corrected chi connectivity index (χ4v) is 3.09. The summed E-state index contributed by atoms with van der Waals surface area (Å²) < 4.78 is 0. The standard InChI is InChI=1S/C17H33N3O2/c1-6-20(10-16(21)18-12(2)3)11-17(22)19-15-9-7-8-13(4)14(15)5/h12-15H,6-11H2,1-5H3,(H,18,21)(H,19,22)/t13-,14-,15-/m1/s1. The summed E-state index contributed by atoms with van der Waals surface area (Å²) in [7, 11) is 0. The van der Waals surface area contributed by atoms with E-state index in [1.807, 2.05) is 25.7 Å². The molecule has 0 aromatic heterocycles. The molecule has 0 saturated heterocycles. The summed E-state index contributed by atoms with van der Waals surface area (Å²) in [6.45, 7) is 11.6. The molecule has 0 aromatic carbocycles. The van der Waals surface area contributed by atoms with E-state index in [1.165, 1.54) is 12.8 Å². The van der Waals surface area contributed by atoms with Gasteiger partial charge in [-0.2, -0.15) is 0 Å². The van der Waals surface area contributed by atoms with E-state index in [4.69, 9.17) is 0 Å². The molecule has 2 N–H and O–H groups in total. The highest BCUT2D eigenvalue weighted by Crippen LogP contribution is 2.29. The van der Waals surface area contributed by atoms with Crippen molar-refractivity contribution in [2.75, 3.05) is 19.6 Å². The van der Waals surface area contributed by atoms with Gasteiger partial charge in [-0.25, -0.2) is 0 Å². The van der Waals surface area contributed by atoms with Gasteiger partial charge in [0, 0.05) is 12.1 Å². The van der Waals surface area contributed by atoms with Crippen LogP contribution in [-0.2, 0) is 9.59 Å². The summed E-state index contributed by atoms with van der Waals surface area (Å²) in [5.41, 5.74) is 0. The molecule has 128 valence electrons. The number of hydrogen-bond acceptors (Lipinski definition) is 3. The Bertz CT molecular complexity index is 371. The maximum atomic E-state index is 12.3. The van der Waals surface area contributed by atoms with Crippen LogP contribution in [0, 0.1) is 11.8 Å². The molecule has 0 bridgehead atoms. The molecule has 2 amide bonds. The predicted molar refractivity (Wildman–Crippen MR) is 89.5 cm³/mol. The highest BCUT2D eigenvalue weighted by atomic mass is 16.2. The molecule has 0 radical (unpaired) electrons. The predicted octanol–water partition coefficient (Wildman–Crippen LogP) is 1.77. The van der Waals surface area contributed by atoms with E-state index in [2.05, 4.69) is 24.5 Å². The van der Waals surface area contributed by atoms with E-state index in [0.717, 1.165) is 6.42 Å². The van der Waals surface area contributed by atoms with Crippen molar-refractivity contribution in [2.45, 2.75) is 66.0 Å².